The molecule has 0 aromatic heterocycles. The minimum Gasteiger partial charge on any atom is -0.392 e. The second kappa shape index (κ2) is 4.40. The van der Waals surface area contributed by atoms with E-state index in [2.05, 4.69) is 72.9 Å². The van der Waals surface area contributed by atoms with Crippen LogP contribution in [0.25, 0.3) is 0 Å². The van der Waals surface area contributed by atoms with Crippen LogP contribution < -0.4 is 0 Å². The fraction of sp³-hybridized carbons (Fsp3) is 0.857. The quantitative estimate of drug-likeness (QED) is 0.492. The normalized spacial score (nSPS) is 22.6. The van der Waals surface area contributed by atoms with Crippen molar-refractivity contribution in [3.05, 3.63) is 0 Å². The van der Waals surface area contributed by atoms with E-state index in [0.717, 1.165) is 0 Å². The van der Waals surface area contributed by atoms with Gasteiger partial charge >= 0.3 is 7.12 Å². The van der Waals surface area contributed by atoms with Crippen molar-refractivity contribution in [1.82, 2.24) is 0 Å². The van der Waals surface area contributed by atoms with Crippen LogP contribution in [-0.4, -0.2) is 26.4 Å². The molecule has 0 atom stereocenters. The summed E-state index contributed by atoms with van der Waals surface area (Å²) in [5.74, 6) is 3.21. The Balaban J connectivity index is 2.85. The Morgan fingerprint density at radius 1 is 0.944 bits per heavy atom. The zero-order valence-corrected chi connectivity index (χ0v) is 14.4. The van der Waals surface area contributed by atoms with E-state index < -0.39 is 8.07 Å². The lowest BCUT2D eigenvalue weighted by atomic mass is 9.90. The summed E-state index contributed by atoms with van der Waals surface area (Å²) in [7, 11) is -1.97. The molecule has 1 aliphatic rings. The van der Waals surface area contributed by atoms with Crippen molar-refractivity contribution in [3.8, 4) is 11.4 Å². The summed E-state index contributed by atoms with van der Waals surface area (Å²) < 4.78 is 11.8. The summed E-state index contributed by atoms with van der Waals surface area (Å²) in [6.45, 7) is 19.6. The minimum absolute atomic E-state index is 0.268. The molecule has 1 rings (SSSR count). The van der Waals surface area contributed by atoms with Crippen molar-refractivity contribution in [3.63, 3.8) is 0 Å². The first-order valence-corrected chi connectivity index (χ1v) is 9.67. The fourth-order valence-electron chi connectivity index (χ4n) is 1.33. The Morgan fingerprint density at radius 3 is 1.67 bits per heavy atom. The van der Waals surface area contributed by atoms with Gasteiger partial charge < -0.3 is 9.31 Å². The van der Waals surface area contributed by atoms with E-state index in [9.17, 15) is 0 Å². The second-order valence-electron chi connectivity index (χ2n) is 7.73. The Labute approximate surface area is 114 Å². The van der Waals surface area contributed by atoms with Gasteiger partial charge in [-0.15, -0.1) is 5.54 Å². The second-order valence-corrected chi connectivity index (χ2v) is 12.7. The highest BCUT2D eigenvalue weighted by Crippen LogP contribution is 2.37. The molecule has 102 valence electrons. The molecule has 1 heterocycles. The average molecular weight is 266 g/mol. The molecule has 0 spiro atoms. The highest BCUT2D eigenvalue weighted by Gasteiger charge is 2.51. The first-order valence-electron chi connectivity index (χ1n) is 6.67. The van der Waals surface area contributed by atoms with Gasteiger partial charge in [0.1, 0.15) is 8.07 Å². The topological polar surface area (TPSA) is 18.5 Å². The summed E-state index contributed by atoms with van der Waals surface area (Å²) in [5.41, 5.74) is 2.87. The van der Waals surface area contributed by atoms with Gasteiger partial charge in [0.25, 0.3) is 0 Å². The van der Waals surface area contributed by atoms with Gasteiger partial charge in [-0.25, -0.2) is 0 Å². The van der Waals surface area contributed by atoms with Gasteiger partial charge in [-0.05, 0) is 32.7 Å². The largest absolute Gasteiger partial charge is 0.550 e. The Hall–Kier alpha value is -0.238. The zero-order valence-electron chi connectivity index (χ0n) is 13.4. The Kier molecular flexibility index (Phi) is 3.87. The fourth-order valence-corrected chi connectivity index (χ4v) is 2.18. The van der Waals surface area contributed by atoms with E-state index in [0.29, 0.717) is 0 Å². The van der Waals surface area contributed by atoms with Crippen LogP contribution in [-0.2, 0) is 9.31 Å². The van der Waals surface area contributed by atoms with E-state index in [4.69, 9.17) is 9.31 Å². The van der Waals surface area contributed by atoms with Crippen molar-refractivity contribution in [2.45, 2.75) is 77.8 Å². The molecule has 1 saturated heterocycles. The van der Waals surface area contributed by atoms with Crippen molar-refractivity contribution in [2.75, 3.05) is 0 Å². The zero-order chi connectivity index (χ0) is 14.4. The van der Waals surface area contributed by atoms with Gasteiger partial charge in [0.15, 0.2) is 0 Å². The van der Waals surface area contributed by atoms with E-state index in [-0.39, 0.29) is 23.4 Å². The maximum absolute atomic E-state index is 5.90. The van der Waals surface area contributed by atoms with Gasteiger partial charge in [-0.2, -0.15) is 0 Å². The lowest BCUT2D eigenvalue weighted by Crippen LogP contribution is -2.41. The summed E-state index contributed by atoms with van der Waals surface area (Å²) >= 11 is 0. The molecule has 1 aliphatic heterocycles. The van der Waals surface area contributed by atoms with Crippen LogP contribution in [0, 0.1) is 11.4 Å². The molecule has 1 fully saturated rings. The lowest BCUT2D eigenvalue weighted by Gasteiger charge is -2.32. The minimum atomic E-state index is -1.59. The monoisotopic (exact) mass is 266 g/mol. The van der Waals surface area contributed by atoms with E-state index >= 15 is 0 Å². The third-order valence-electron chi connectivity index (χ3n) is 4.63. The summed E-state index contributed by atoms with van der Waals surface area (Å²) in [5, 5.41) is 0.268. The first kappa shape index (κ1) is 15.8. The third-order valence-corrected chi connectivity index (χ3v) is 9.15. The molecule has 2 nitrogen and oxygen atoms in total. The molecule has 0 aromatic carbocycles. The van der Waals surface area contributed by atoms with E-state index in [1.165, 1.54) is 0 Å². The highest BCUT2D eigenvalue weighted by molar-refractivity contribution is 6.88. The van der Waals surface area contributed by atoms with Crippen molar-refractivity contribution in [1.29, 1.82) is 0 Å². The molecular formula is C14H27BO2Si. The van der Waals surface area contributed by atoms with Gasteiger partial charge in [0.2, 0.25) is 0 Å². The molecular weight excluding hydrogens is 239 g/mol. The molecule has 4 heteroatoms. The molecule has 0 N–H and O–H groups in total. The Morgan fingerprint density at radius 2 is 1.33 bits per heavy atom. The molecule has 0 bridgehead atoms. The van der Waals surface area contributed by atoms with Gasteiger partial charge in [-0.1, -0.05) is 39.7 Å². The first-order chi connectivity index (χ1) is 7.79. The van der Waals surface area contributed by atoms with Crippen molar-refractivity contribution in [2.24, 2.45) is 0 Å². The predicted octanol–water partition coefficient (Wildman–Crippen LogP) is 3.67. The smallest absolute Gasteiger partial charge is 0.392 e. The molecule has 0 saturated carbocycles. The Bertz CT molecular complexity index is 367. The molecule has 0 amide bonds. The molecule has 18 heavy (non-hydrogen) atoms. The summed E-state index contributed by atoms with van der Waals surface area (Å²) in [6.07, 6.45) is 0. The van der Waals surface area contributed by atoms with Gasteiger partial charge in [-0.3, -0.25) is 0 Å². The van der Waals surface area contributed by atoms with Crippen LogP contribution >= 0.6 is 0 Å². The third kappa shape index (κ3) is 3.01. The maximum Gasteiger partial charge on any atom is 0.550 e. The van der Waals surface area contributed by atoms with Crippen LogP contribution in [0.5, 0.6) is 0 Å². The van der Waals surface area contributed by atoms with Crippen LogP contribution in [0.3, 0.4) is 0 Å². The van der Waals surface area contributed by atoms with Gasteiger partial charge in [0, 0.05) is 0 Å². The van der Waals surface area contributed by atoms with Gasteiger partial charge in [0.05, 0.1) is 11.2 Å². The summed E-state index contributed by atoms with van der Waals surface area (Å²) in [4.78, 5) is 0. The van der Waals surface area contributed by atoms with Crippen molar-refractivity contribution < 1.29 is 9.31 Å². The highest BCUT2D eigenvalue weighted by atomic mass is 28.3. The lowest BCUT2D eigenvalue weighted by molar-refractivity contribution is 0.00578. The molecule has 0 aliphatic carbocycles. The standard InChI is InChI=1S/C14H27BO2Si/c1-12(2,3)18(8,9)11-10-15-16-13(4,5)14(6,7)17-15/h1-9H3. The number of hydrogen-bond donors (Lipinski definition) is 0. The molecule has 0 radical (unpaired) electrons. The molecule has 0 aromatic rings. The van der Waals surface area contributed by atoms with E-state index in [1.807, 2.05) is 0 Å². The van der Waals surface area contributed by atoms with Crippen LogP contribution in [0.4, 0.5) is 0 Å². The van der Waals surface area contributed by atoms with Crippen LogP contribution in [0.15, 0.2) is 0 Å². The van der Waals surface area contributed by atoms with Crippen molar-refractivity contribution >= 4 is 15.2 Å². The SMILES string of the molecule is CC1(C)OB(C#C[Si](C)(C)C(C)(C)C)OC1(C)C. The molecule has 0 unspecified atom stereocenters. The number of hydrogen-bond acceptors (Lipinski definition) is 2. The van der Waals surface area contributed by atoms with E-state index in [1.54, 1.807) is 0 Å². The maximum atomic E-state index is 5.90. The average Bonchev–Trinajstić information content (AvgIpc) is 2.30. The van der Waals surface area contributed by atoms with Crippen LogP contribution in [0.2, 0.25) is 18.1 Å². The van der Waals surface area contributed by atoms with Crippen LogP contribution in [0.1, 0.15) is 48.5 Å². The predicted molar refractivity (Wildman–Crippen MR) is 81.1 cm³/mol. The number of rotatable bonds is 0. The summed E-state index contributed by atoms with van der Waals surface area (Å²) in [6, 6.07) is 0.